The third-order valence-corrected chi connectivity index (χ3v) is 8.31. The summed E-state index contributed by atoms with van der Waals surface area (Å²) in [6.07, 6.45) is 6.12. The molecule has 44 heavy (non-hydrogen) atoms. The summed E-state index contributed by atoms with van der Waals surface area (Å²) in [7, 11) is 0. The lowest BCUT2D eigenvalue weighted by Gasteiger charge is -2.21. The molecule has 2 amide bonds. The number of rotatable bonds is 6. The molecule has 222 valence electrons. The standard InChI is InChI=1S/C33H29ClN6O4/c1-20-7-8-21(13-25(20)32(41)36-23-5-3-2-4-6-23)29-19-40(38-37-29)24-9-10-39(18-24)33(42)27-17-35-16-26(27)22-14-28(34)31-30(15-22)43-11-12-44-31/h2-8,13-17,19,24,35H,9-12,18H2,1H3,(H,36,41)/t24-/m0/s1. The number of fused-ring (bicyclic) bond motifs is 1. The maximum absolute atomic E-state index is 13.7. The average Bonchev–Trinajstić information content (AvgIpc) is 3.83. The summed E-state index contributed by atoms with van der Waals surface area (Å²) >= 11 is 6.48. The van der Waals surface area contributed by atoms with Gasteiger partial charge in [-0.15, -0.1) is 5.10 Å². The Hall–Kier alpha value is -5.09. The normalized spacial score (nSPS) is 15.8. The molecule has 2 aliphatic heterocycles. The largest absolute Gasteiger partial charge is 0.486 e. The van der Waals surface area contributed by atoms with E-state index in [2.05, 4.69) is 20.6 Å². The number of aryl methyl sites for hydroxylation is 1. The molecule has 10 nitrogen and oxygen atoms in total. The topological polar surface area (TPSA) is 114 Å². The second-order valence-corrected chi connectivity index (χ2v) is 11.3. The van der Waals surface area contributed by atoms with Crippen LogP contribution in [0.1, 0.15) is 38.7 Å². The first kappa shape index (κ1) is 27.7. The number of hydrogen-bond acceptors (Lipinski definition) is 6. The lowest BCUT2D eigenvalue weighted by molar-refractivity contribution is 0.0787. The Bertz CT molecular complexity index is 1870. The van der Waals surface area contributed by atoms with E-state index in [0.717, 1.165) is 34.4 Å². The number of ether oxygens (including phenoxy) is 2. The Morgan fingerprint density at radius 1 is 1.00 bits per heavy atom. The summed E-state index contributed by atoms with van der Waals surface area (Å²) in [5.74, 6) is 0.828. The number of aromatic amines is 1. The molecule has 0 unspecified atom stereocenters. The molecule has 2 N–H and O–H groups in total. The van der Waals surface area contributed by atoms with E-state index in [1.165, 1.54) is 0 Å². The molecule has 5 aromatic rings. The summed E-state index contributed by atoms with van der Waals surface area (Å²) < 4.78 is 13.2. The predicted octanol–water partition coefficient (Wildman–Crippen LogP) is 6.01. The Morgan fingerprint density at radius 3 is 2.70 bits per heavy atom. The number of nitrogens with one attached hydrogen (secondary N) is 2. The van der Waals surface area contributed by atoms with Crippen molar-refractivity contribution in [2.24, 2.45) is 0 Å². The van der Waals surface area contributed by atoms with Crippen LogP contribution in [0.2, 0.25) is 5.02 Å². The van der Waals surface area contributed by atoms with Crippen LogP contribution in [0.5, 0.6) is 11.5 Å². The molecule has 0 bridgehead atoms. The van der Waals surface area contributed by atoms with E-state index < -0.39 is 0 Å². The number of para-hydroxylation sites is 1. The molecule has 0 radical (unpaired) electrons. The van der Waals surface area contributed by atoms with Gasteiger partial charge in [0.15, 0.2) is 11.5 Å². The average molecular weight is 609 g/mol. The van der Waals surface area contributed by atoms with E-state index in [1.54, 1.807) is 18.5 Å². The van der Waals surface area contributed by atoms with Crippen molar-refractivity contribution < 1.29 is 19.1 Å². The van der Waals surface area contributed by atoms with E-state index >= 15 is 0 Å². The molecule has 4 heterocycles. The van der Waals surface area contributed by atoms with Crippen molar-refractivity contribution in [1.82, 2.24) is 24.9 Å². The highest BCUT2D eigenvalue weighted by Crippen LogP contribution is 2.42. The number of aromatic nitrogens is 4. The van der Waals surface area contributed by atoms with Gasteiger partial charge in [0.05, 0.1) is 22.8 Å². The second-order valence-electron chi connectivity index (χ2n) is 10.9. The van der Waals surface area contributed by atoms with Crippen molar-refractivity contribution in [1.29, 1.82) is 0 Å². The Morgan fingerprint density at radius 2 is 1.84 bits per heavy atom. The van der Waals surface area contributed by atoms with Gasteiger partial charge in [-0.25, -0.2) is 4.68 Å². The molecule has 0 saturated carbocycles. The molecule has 2 aliphatic rings. The van der Waals surface area contributed by atoms with Gasteiger partial charge in [0.1, 0.15) is 18.9 Å². The molecule has 1 fully saturated rings. The third kappa shape index (κ3) is 5.28. The van der Waals surface area contributed by atoms with Gasteiger partial charge in [-0.3, -0.25) is 9.59 Å². The molecular formula is C33H29ClN6O4. The summed E-state index contributed by atoms with van der Waals surface area (Å²) in [6.45, 7) is 3.87. The highest BCUT2D eigenvalue weighted by Gasteiger charge is 2.31. The molecule has 2 aromatic heterocycles. The van der Waals surface area contributed by atoms with Crippen LogP contribution in [0.3, 0.4) is 0 Å². The van der Waals surface area contributed by atoms with Gasteiger partial charge >= 0.3 is 0 Å². The quantitative estimate of drug-likeness (QED) is 0.244. The Labute approximate surface area is 258 Å². The van der Waals surface area contributed by atoms with Gasteiger partial charge in [0, 0.05) is 47.9 Å². The zero-order chi connectivity index (χ0) is 30.2. The van der Waals surface area contributed by atoms with Gasteiger partial charge < -0.3 is 24.7 Å². The highest BCUT2D eigenvalue weighted by molar-refractivity contribution is 6.32. The maximum Gasteiger partial charge on any atom is 0.256 e. The lowest BCUT2D eigenvalue weighted by atomic mass is 10.0. The minimum atomic E-state index is -0.185. The monoisotopic (exact) mass is 608 g/mol. The number of amides is 2. The smallest absolute Gasteiger partial charge is 0.256 e. The molecule has 0 aliphatic carbocycles. The highest BCUT2D eigenvalue weighted by atomic mass is 35.5. The molecule has 1 saturated heterocycles. The van der Waals surface area contributed by atoms with Gasteiger partial charge in [0.25, 0.3) is 11.8 Å². The van der Waals surface area contributed by atoms with E-state index in [9.17, 15) is 9.59 Å². The first-order chi connectivity index (χ1) is 21.4. The zero-order valence-corrected chi connectivity index (χ0v) is 24.7. The summed E-state index contributed by atoms with van der Waals surface area (Å²) in [5, 5.41) is 12.2. The zero-order valence-electron chi connectivity index (χ0n) is 23.9. The molecular weight excluding hydrogens is 580 g/mol. The first-order valence-electron chi connectivity index (χ1n) is 14.4. The number of likely N-dealkylation sites (tertiary alicyclic amines) is 1. The number of anilines is 1. The summed E-state index contributed by atoms with van der Waals surface area (Å²) in [4.78, 5) is 31.6. The third-order valence-electron chi connectivity index (χ3n) is 8.03. The van der Waals surface area contributed by atoms with Gasteiger partial charge in [-0.05, 0) is 54.8 Å². The van der Waals surface area contributed by atoms with Crippen LogP contribution in [0.15, 0.2) is 79.3 Å². The van der Waals surface area contributed by atoms with E-state index in [4.69, 9.17) is 21.1 Å². The van der Waals surface area contributed by atoms with Gasteiger partial charge in [-0.1, -0.05) is 47.1 Å². The fourth-order valence-corrected chi connectivity index (χ4v) is 5.96. The van der Waals surface area contributed by atoms with Crippen LogP contribution in [0.4, 0.5) is 5.69 Å². The first-order valence-corrected chi connectivity index (χ1v) is 14.8. The fourth-order valence-electron chi connectivity index (χ4n) is 5.69. The molecule has 11 heteroatoms. The van der Waals surface area contributed by atoms with Crippen molar-refractivity contribution in [3.63, 3.8) is 0 Å². The number of halogens is 1. The van der Waals surface area contributed by atoms with Crippen molar-refractivity contribution in [2.45, 2.75) is 19.4 Å². The second kappa shape index (κ2) is 11.5. The Kier molecular flexibility index (Phi) is 7.27. The molecule has 0 spiro atoms. The van der Waals surface area contributed by atoms with Gasteiger partial charge in [-0.2, -0.15) is 0 Å². The number of carbonyl (C=O) groups excluding carboxylic acids is 2. The number of nitrogens with zero attached hydrogens (tertiary/aromatic N) is 4. The SMILES string of the molecule is Cc1ccc(-c2cn([C@H]3CCN(C(=O)c4c[nH]cc4-c4cc(Cl)c5c(c4)OCCO5)C3)nn2)cc1C(=O)Nc1ccccc1. The maximum atomic E-state index is 13.7. The van der Waals surface area contributed by atoms with Crippen LogP contribution in [-0.2, 0) is 0 Å². The fraction of sp³-hybridized carbons (Fsp3) is 0.212. The number of H-pyrrole nitrogens is 1. The van der Waals surface area contributed by atoms with Crippen LogP contribution >= 0.6 is 11.6 Å². The minimum absolute atomic E-state index is 0.0300. The van der Waals surface area contributed by atoms with E-state index in [0.29, 0.717) is 59.6 Å². The van der Waals surface area contributed by atoms with Crippen molar-refractivity contribution in [2.75, 3.05) is 31.6 Å². The van der Waals surface area contributed by atoms with Crippen LogP contribution in [0.25, 0.3) is 22.4 Å². The van der Waals surface area contributed by atoms with Crippen LogP contribution in [0, 0.1) is 6.92 Å². The predicted molar refractivity (Wildman–Crippen MR) is 166 cm³/mol. The van der Waals surface area contributed by atoms with Crippen LogP contribution in [-0.4, -0.2) is 63.0 Å². The Balaban J connectivity index is 1.06. The number of benzene rings is 3. The summed E-state index contributed by atoms with van der Waals surface area (Å²) in [5.41, 5.74) is 5.69. The van der Waals surface area contributed by atoms with E-state index in [1.807, 2.05) is 77.3 Å². The minimum Gasteiger partial charge on any atom is -0.486 e. The lowest BCUT2D eigenvalue weighted by Crippen LogP contribution is -2.29. The van der Waals surface area contributed by atoms with E-state index in [-0.39, 0.29) is 17.9 Å². The van der Waals surface area contributed by atoms with Crippen molar-refractivity contribution in [3.8, 4) is 33.9 Å². The molecule has 3 aromatic carbocycles. The van der Waals surface area contributed by atoms with Crippen molar-refractivity contribution >= 4 is 29.1 Å². The van der Waals surface area contributed by atoms with Crippen molar-refractivity contribution in [3.05, 3.63) is 101 Å². The summed E-state index contributed by atoms with van der Waals surface area (Å²) in [6, 6.07) is 18.7. The van der Waals surface area contributed by atoms with Crippen LogP contribution < -0.4 is 14.8 Å². The number of carbonyl (C=O) groups is 2. The molecule has 1 atom stereocenters. The van der Waals surface area contributed by atoms with Gasteiger partial charge in [0.2, 0.25) is 0 Å². The number of hydrogen-bond donors (Lipinski definition) is 2. The molecule has 7 rings (SSSR count).